The summed E-state index contributed by atoms with van der Waals surface area (Å²) in [5, 5.41) is 10.1. The summed E-state index contributed by atoms with van der Waals surface area (Å²) < 4.78 is 13.2. The maximum Gasteiger partial charge on any atom is 0.142 e. The first-order valence-electron chi connectivity index (χ1n) is 7.23. The molecule has 0 atom stereocenters. The number of anilines is 1. The zero-order chi connectivity index (χ0) is 17.3. The van der Waals surface area contributed by atoms with Crippen LogP contribution in [0.1, 0.15) is 11.1 Å². The molecule has 0 bridgehead atoms. The second-order valence-corrected chi connectivity index (χ2v) is 5.78. The third-order valence-corrected chi connectivity index (χ3v) is 4.08. The maximum absolute atomic E-state index is 13.2. The van der Waals surface area contributed by atoms with Crippen molar-refractivity contribution in [3.05, 3.63) is 70.5 Å². The molecule has 2 N–H and O–H groups in total. The van der Waals surface area contributed by atoms with Crippen molar-refractivity contribution < 1.29 is 4.39 Å². The highest BCUT2D eigenvalue weighted by Crippen LogP contribution is 2.36. The molecule has 0 amide bonds. The smallest absolute Gasteiger partial charge is 0.142 e. The van der Waals surface area contributed by atoms with Gasteiger partial charge in [0.1, 0.15) is 23.3 Å². The molecule has 0 aliphatic rings. The molecule has 0 aliphatic heterocycles. The number of rotatable bonds is 2. The largest absolute Gasteiger partial charge is 0.383 e. The normalized spacial score (nSPS) is 10.4. The monoisotopic (exact) mass is 337 g/mol. The van der Waals surface area contributed by atoms with Gasteiger partial charge < -0.3 is 5.73 Å². The van der Waals surface area contributed by atoms with Crippen LogP contribution in [0.2, 0.25) is 5.02 Å². The molecule has 0 aliphatic carbocycles. The van der Waals surface area contributed by atoms with Crippen molar-refractivity contribution in [2.45, 2.75) is 6.92 Å². The summed E-state index contributed by atoms with van der Waals surface area (Å²) in [4.78, 5) is 4.35. The van der Waals surface area contributed by atoms with Crippen molar-refractivity contribution in [3.8, 4) is 28.5 Å². The number of nitrogen functional groups attached to an aromatic ring is 1. The van der Waals surface area contributed by atoms with E-state index in [0.717, 1.165) is 16.7 Å². The van der Waals surface area contributed by atoms with Crippen LogP contribution in [0.4, 0.5) is 10.2 Å². The van der Waals surface area contributed by atoms with E-state index >= 15 is 0 Å². The summed E-state index contributed by atoms with van der Waals surface area (Å²) in [6.45, 7) is 1.87. The Morgan fingerprint density at radius 2 is 1.62 bits per heavy atom. The van der Waals surface area contributed by atoms with E-state index in [-0.39, 0.29) is 11.6 Å². The summed E-state index contributed by atoms with van der Waals surface area (Å²) in [5.74, 6) is -0.177. The van der Waals surface area contributed by atoms with Crippen LogP contribution >= 0.6 is 11.6 Å². The van der Waals surface area contributed by atoms with Crippen molar-refractivity contribution in [2.24, 2.45) is 0 Å². The Hall–Kier alpha value is -2.90. The molecule has 118 valence electrons. The van der Waals surface area contributed by atoms with Crippen LogP contribution in [-0.4, -0.2) is 4.98 Å². The van der Waals surface area contributed by atoms with Crippen LogP contribution in [0, 0.1) is 24.1 Å². The van der Waals surface area contributed by atoms with Crippen molar-refractivity contribution in [2.75, 3.05) is 5.73 Å². The SMILES string of the molecule is Cc1c(-c2ccc(F)cc2)nc(N)c(C#N)c1-c1ccc(Cl)cc1. The Balaban J connectivity index is 2.29. The van der Waals surface area contributed by atoms with Gasteiger partial charge in [0, 0.05) is 16.1 Å². The fourth-order valence-electron chi connectivity index (χ4n) is 2.67. The molecule has 0 radical (unpaired) electrons. The number of benzene rings is 2. The van der Waals surface area contributed by atoms with Gasteiger partial charge in [-0.2, -0.15) is 5.26 Å². The number of hydrogen-bond donors (Lipinski definition) is 1. The van der Waals surface area contributed by atoms with Crippen LogP contribution in [0.15, 0.2) is 48.5 Å². The second-order valence-electron chi connectivity index (χ2n) is 5.35. The third kappa shape index (κ3) is 2.82. The van der Waals surface area contributed by atoms with Crippen LogP contribution < -0.4 is 5.73 Å². The van der Waals surface area contributed by atoms with E-state index in [1.807, 2.05) is 19.1 Å². The first kappa shape index (κ1) is 16.0. The number of nitriles is 1. The molecule has 1 heterocycles. The van der Waals surface area contributed by atoms with Crippen LogP contribution in [0.5, 0.6) is 0 Å². The van der Waals surface area contributed by atoms with Crippen LogP contribution in [0.25, 0.3) is 22.4 Å². The highest BCUT2D eigenvalue weighted by Gasteiger charge is 2.18. The number of nitrogens with zero attached hydrogens (tertiary/aromatic N) is 2. The zero-order valence-electron chi connectivity index (χ0n) is 12.8. The Kier molecular flexibility index (Phi) is 4.20. The summed E-state index contributed by atoms with van der Waals surface area (Å²) in [7, 11) is 0. The van der Waals surface area contributed by atoms with Crippen LogP contribution in [-0.2, 0) is 0 Å². The molecule has 24 heavy (non-hydrogen) atoms. The molecule has 3 nitrogen and oxygen atoms in total. The highest BCUT2D eigenvalue weighted by molar-refractivity contribution is 6.30. The van der Waals surface area contributed by atoms with Crippen molar-refractivity contribution >= 4 is 17.4 Å². The molecule has 0 unspecified atom stereocenters. The van der Waals surface area contributed by atoms with E-state index in [4.69, 9.17) is 17.3 Å². The fourth-order valence-corrected chi connectivity index (χ4v) is 2.80. The molecule has 3 aromatic rings. The molecule has 5 heteroatoms. The van der Waals surface area contributed by atoms with Crippen LogP contribution in [0.3, 0.4) is 0 Å². The van der Waals surface area contributed by atoms with E-state index < -0.39 is 0 Å². The zero-order valence-corrected chi connectivity index (χ0v) is 13.6. The van der Waals surface area contributed by atoms with E-state index in [1.165, 1.54) is 12.1 Å². The lowest BCUT2D eigenvalue weighted by atomic mass is 9.93. The maximum atomic E-state index is 13.2. The number of nitrogens with two attached hydrogens (primary N) is 1. The summed E-state index contributed by atoms with van der Waals surface area (Å²) in [6, 6.07) is 15.3. The standard InChI is InChI=1S/C19H13ClFN3/c1-11-17(12-2-6-14(20)7-3-12)16(10-22)19(23)24-18(11)13-4-8-15(21)9-5-13/h2-9H,1H3,(H2,23,24). The predicted octanol–water partition coefficient (Wildman–Crippen LogP) is 4.97. The number of hydrogen-bond acceptors (Lipinski definition) is 3. The first-order chi connectivity index (χ1) is 11.5. The molecule has 1 aromatic heterocycles. The Bertz CT molecular complexity index is 942. The van der Waals surface area contributed by atoms with Gasteiger partial charge in [-0.1, -0.05) is 23.7 Å². The quantitative estimate of drug-likeness (QED) is 0.718. The number of aromatic nitrogens is 1. The van der Waals surface area contributed by atoms with E-state index in [1.54, 1.807) is 24.3 Å². The summed E-state index contributed by atoms with van der Waals surface area (Å²) >= 11 is 5.95. The van der Waals surface area contributed by atoms with E-state index in [0.29, 0.717) is 21.8 Å². The van der Waals surface area contributed by atoms with Gasteiger partial charge >= 0.3 is 0 Å². The minimum absolute atomic E-state index is 0.146. The van der Waals surface area contributed by atoms with Gasteiger partial charge in [-0.25, -0.2) is 9.37 Å². The lowest BCUT2D eigenvalue weighted by Gasteiger charge is -2.15. The Labute approximate surface area is 144 Å². The molecule has 0 fully saturated rings. The minimum Gasteiger partial charge on any atom is -0.383 e. The van der Waals surface area contributed by atoms with E-state index in [2.05, 4.69) is 11.1 Å². The van der Waals surface area contributed by atoms with Crippen molar-refractivity contribution in [3.63, 3.8) is 0 Å². The average molecular weight is 338 g/mol. The topological polar surface area (TPSA) is 62.7 Å². The highest BCUT2D eigenvalue weighted by atomic mass is 35.5. The molecule has 0 saturated heterocycles. The Morgan fingerprint density at radius 1 is 1.04 bits per heavy atom. The van der Waals surface area contributed by atoms with Crippen molar-refractivity contribution in [1.82, 2.24) is 4.98 Å². The molecule has 3 rings (SSSR count). The molecular formula is C19H13ClFN3. The fraction of sp³-hybridized carbons (Fsp3) is 0.0526. The first-order valence-corrected chi connectivity index (χ1v) is 7.61. The average Bonchev–Trinajstić information content (AvgIpc) is 2.58. The van der Waals surface area contributed by atoms with Gasteiger partial charge in [-0.05, 0) is 54.4 Å². The van der Waals surface area contributed by atoms with Gasteiger partial charge in [-0.15, -0.1) is 0 Å². The lowest BCUT2D eigenvalue weighted by molar-refractivity contribution is 0.628. The lowest BCUT2D eigenvalue weighted by Crippen LogP contribution is -2.03. The van der Waals surface area contributed by atoms with Gasteiger partial charge in [0.25, 0.3) is 0 Å². The Morgan fingerprint density at radius 3 is 2.21 bits per heavy atom. The van der Waals surface area contributed by atoms with Gasteiger partial charge in [-0.3, -0.25) is 0 Å². The number of halogens is 2. The molecule has 0 spiro atoms. The van der Waals surface area contributed by atoms with Gasteiger partial charge in [0.15, 0.2) is 0 Å². The number of pyridine rings is 1. The van der Waals surface area contributed by atoms with Gasteiger partial charge in [0.05, 0.1) is 5.69 Å². The second kappa shape index (κ2) is 6.31. The third-order valence-electron chi connectivity index (χ3n) is 3.83. The van der Waals surface area contributed by atoms with Crippen molar-refractivity contribution in [1.29, 1.82) is 5.26 Å². The predicted molar refractivity (Wildman–Crippen MR) is 93.9 cm³/mol. The summed E-state index contributed by atoms with van der Waals surface area (Å²) in [5.41, 5.74) is 10.0. The molecule has 2 aromatic carbocycles. The van der Waals surface area contributed by atoms with E-state index in [9.17, 15) is 9.65 Å². The van der Waals surface area contributed by atoms with Gasteiger partial charge in [0.2, 0.25) is 0 Å². The molecular weight excluding hydrogens is 325 g/mol. The molecule has 0 saturated carbocycles. The summed E-state index contributed by atoms with van der Waals surface area (Å²) in [6.07, 6.45) is 0. The minimum atomic E-state index is -0.323.